The number of hydrogen-bond donors (Lipinski definition) is 1. The van der Waals surface area contributed by atoms with E-state index in [1.165, 1.54) is 21.7 Å². The minimum Gasteiger partial charge on any atom is -0.321 e. The van der Waals surface area contributed by atoms with Crippen molar-refractivity contribution in [2.24, 2.45) is 5.92 Å². The van der Waals surface area contributed by atoms with E-state index in [0.717, 1.165) is 18.2 Å². The molecule has 0 fully saturated rings. The SMILES string of the molecule is Cc1ccc(N(C)c2ncc(CNCC(C)C)s2)c(C)c1. The summed E-state index contributed by atoms with van der Waals surface area (Å²) in [6, 6.07) is 6.53. The summed E-state index contributed by atoms with van der Waals surface area (Å²) in [4.78, 5) is 8.01. The van der Waals surface area contributed by atoms with Crippen LogP contribution in [0.25, 0.3) is 0 Å². The first-order valence-electron chi connectivity index (χ1n) is 7.43. The van der Waals surface area contributed by atoms with E-state index in [2.05, 4.69) is 68.1 Å². The van der Waals surface area contributed by atoms with E-state index in [1.54, 1.807) is 11.3 Å². The van der Waals surface area contributed by atoms with Crippen LogP contribution in [0.4, 0.5) is 10.8 Å². The fourth-order valence-electron chi connectivity index (χ4n) is 2.30. The smallest absolute Gasteiger partial charge is 0.189 e. The number of aromatic nitrogens is 1. The van der Waals surface area contributed by atoms with E-state index >= 15 is 0 Å². The highest BCUT2D eigenvalue weighted by molar-refractivity contribution is 7.15. The molecule has 0 aliphatic carbocycles. The quantitative estimate of drug-likeness (QED) is 0.863. The summed E-state index contributed by atoms with van der Waals surface area (Å²) in [5.74, 6) is 0.676. The van der Waals surface area contributed by atoms with Crippen LogP contribution in [0, 0.1) is 19.8 Å². The van der Waals surface area contributed by atoms with Crippen LogP contribution in [-0.2, 0) is 6.54 Å². The summed E-state index contributed by atoms with van der Waals surface area (Å²) < 4.78 is 0. The summed E-state index contributed by atoms with van der Waals surface area (Å²) in [5, 5.41) is 4.51. The average molecular weight is 303 g/mol. The molecule has 0 aliphatic rings. The second-order valence-corrected chi connectivity index (χ2v) is 7.08. The summed E-state index contributed by atoms with van der Waals surface area (Å²) in [6.45, 7) is 10.7. The zero-order valence-electron chi connectivity index (χ0n) is 13.6. The average Bonchev–Trinajstić information content (AvgIpc) is 2.86. The number of benzene rings is 1. The fraction of sp³-hybridized carbons (Fsp3) is 0.471. The molecule has 0 saturated heterocycles. The molecule has 2 aromatic rings. The van der Waals surface area contributed by atoms with Crippen molar-refractivity contribution < 1.29 is 0 Å². The van der Waals surface area contributed by atoms with Gasteiger partial charge in [-0.2, -0.15) is 0 Å². The number of thiazole rings is 1. The Morgan fingerprint density at radius 2 is 2.05 bits per heavy atom. The van der Waals surface area contributed by atoms with Crippen LogP contribution in [-0.4, -0.2) is 18.6 Å². The van der Waals surface area contributed by atoms with Gasteiger partial charge in [0, 0.05) is 30.4 Å². The topological polar surface area (TPSA) is 28.2 Å². The van der Waals surface area contributed by atoms with Crippen LogP contribution >= 0.6 is 11.3 Å². The van der Waals surface area contributed by atoms with Gasteiger partial charge in [0.2, 0.25) is 0 Å². The summed E-state index contributed by atoms with van der Waals surface area (Å²) in [6.07, 6.45) is 1.98. The Bertz CT molecular complexity index is 589. The molecule has 0 unspecified atom stereocenters. The van der Waals surface area contributed by atoms with Gasteiger partial charge in [0.15, 0.2) is 5.13 Å². The molecule has 3 nitrogen and oxygen atoms in total. The third-order valence-corrected chi connectivity index (χ3v) is 4.47. The molecule has 0 saturated carbocycles. The third-order valence-electron chi connectivity index (χ3n) is 3.39. The van der Waals surface area contributed by atoms with E-state index in [0.29, 0.717) is 5.92 Å². The highest BCUT2D eigenvalue weighted by Gasteiger charge is 2.11. The van der Waals surface area contributed by atoms with E-state index < -0.39 is 0 Å². The predicted octanol–water partition coefficient (Wildman–Crippen LogP) is 4.27. The molecule has 4 heteroatoms. The minimum absolute atomic E-state index is 0.676. The van der Waals surface area contributed by atoms with Gasteiger partial charge in [-0.05, 0) is 37.9 Å². The van der Waals surface area contributed by atoms with E-state index in [1.807, 2.05) is 6.20 Å². The summed E-state index contributed by atoms with van der Waals surface area (Å²) in [5.41, 5.74) is 3.80. The Morgan fingerprint density at radius 1 is 1.29 bits per heavy atom. The molecule has 0 spiro atoms. The van der Waals surface area contributed by atoms with E-state index in [-0.39, 0.29) is 0 Å². The Hall–Kier alpha value is -1.39. The van der Waals surface area contributed by atoms with Gasteiger partial charge >= 0.3 is 0 Å². The monoisotopic (exact) mass is 303 g/mol. The van der Waals surface area contributed by atoms with Crippen LogP contribution in [0.3, 0.4) is 0 Å². The largest absolute Gasteiger partial charge is 0.321 e. The Morgan fingerprint density at radius 3 is 2.71 bits per heavy atom. The van der Waals surface area contributed by atoms with Gasteiger partial charge < -0.3 is 10.2 Å². The number of aryl methyl sites for hydroxylation is 2. The number of hydrogen-bond acceptors (Lipinski definition) is 4. The van der Waals surface area contributed by atoms with Crippen molar-refractivity contribution in [2.75, 3.05) is 18.5 Å². The normalized spacial score (nSPS) is 11.1. The lowest BCUT2D eigenvalue weighted by atomic mass is 10.1. The zero-order valence-corrected chi connectivity index (χ0v) is 14.4. The van der Waals surface area contributed by atoms with Gasteiger partial charge in [0.1, 0.15) is 0 Å². The van der Waals surface area contributed by atoms with Gasteiger partial charge in [-0.15, -0.1) is 11.3 Å². The lowest BCUT2D eigenvalue weighted by molar-refractivity contribution is 0.554. The first-order valence-corrected chi connectivity index (χ1v) is 8.25. The van der Waals surface area contributed by atoms with E-state index in [9.17, 15) is 0 Å². The number of nitrogens with one attached hydrogen (secondary N) is 1. The fourth-order valence-corrected chi connectivity index (χ4v) is 3.16. The molecule has 1 N–H and O–H groups in total. The maximum Gasteiger partial charge on any atom is 0.189 e. The molecule has 1 heterocycles. The Labute approximate surface area is 132 Å². The second-order valence-electron chi connectivity index (χ2n) is 5.98. The molecule has 0 atom stereocenters. The number of nitrogens with zero attached hydrogens (tertiary/aromatic N) is 2. The van der Waals surface area contributed by atoms with Crippen molar-refractivity contribution in [1.29, 1.82) is 0 Å². The van der Waals surface area contributed by atoms with Crippen molar-refractivity contribution in [3.05, 3.63) is 40.4 Å². The van der Waals surface area contributed by atoms with Crippen LogP contribution in [0.15, 0.2) is 24.4 Å². The highest BCUT2D eigenvalue weighted by atomic mass is 32.1. The predicted molar refractivity (Wildman–Crippen MR) is 92.6 cm³/mol. The zero-order chi connectivity index (χ0) is 15.4. The van der Waals surface area contributed by atoms with Gasteiger partial charge in [-0.25, -0.2) is 4.98 Å². The molecule has 0 radical (unpaired) electrons. The molecule has 0 amide bonds. The van der Waals surface area contributed by atoms with E-state index in [4.69, 9.17) is 0 Å². The summed E-state index contributed by atoms with van der Waals surface area (Å²) in [7, 11) is 2.09. The highest BCUT2D eigenvalue weighted by Crippen LogP contribution is 2.30. The Kier molecular flexibility index (Phi) is 5.37. The molecule has 2 rings (SSSR count). The van der Waals surface area contributed by atoms with Crippen LogP contribution < -0.4 is 10.2 Å². The van der Waals surface area contributed by atoms with Crippen LogP contribution in [0.1, 0.15) is 29.9 Å². The standard InChI is InChI=1S/C17H25N3S/c1-12(2)9-18-10-15-11-19-17(21-15)20(5)16-7-6-13(3)8-14(16)4/h6-8,11-12,18H,9-10H2,1-5H3. The molecule has 1 aromatic carbocycles. The lowest BCUT2D eigenvalue weighted by Crippen LogP contribution is -2.18. The maximum absolute atomic E-state index is 4.56. The van der Waals surface area contributed by atoms with Crippen molar-refractivity contribution in [2.45, 2.75) is 34.2 Å². The molecular weight excluding hydrogens is 278 g/mol. The molecule has 0 bridgehead atoms. The van der Waals surface area contributed by atoms with Gasteiger partial charge in [-0.1, -0.05) is 31.5 Å². The summed E-state index contributed by atoms with van der Waals surface area (Å²) >= 11 is 1.75. The van der Waals surface area contributed by atoms with Gasteiger partial charge in [0.25, 0.3) is 0 Å². The molecular formula is C17H25N3S. The molecule has 1 aromatic heterocycles. The lowest BCUT2D eigenvalue weighted by Gasteiger charge is -2.18. The molecule has 114 valence electrons. The van der Waals surface area contributed by atoms with Crippen molar-refractivity contribution in [3.8, 4) is 0 Å². The number of anilines is 2. The van der Waals surface area contributed by atoms with Crippen LogP contribution in [0.2, 0.25) is 0 Å². The van der Waals surface area contributed by atoms with Crippen molar-refractivity contribution >= 4 is 22.2 Å². The van der Waals surface area contributed by atoms with Gasteiger partial charge in [0.05, 0.1) is 0 Å². The van der Waals surface area contributed by atoms with Crippen molar-refractivity contribution in [1.82, 2.24) is 10.3 Å². The maximum atomic E-state index is 4.56. The van der Waals surface area contributed by atoms with Crippen molar-refractivity contribution in [3.63, 3.8) is 0 Å². The first kappa shape index (κ1) is 16.0. The van der Waals surface area contributed by atoms with Crippen LogP contribution in [0.5, 0.6) is 0 Å². The molecule has 21 heavy (non-hydrogen) atoms. The second kappa shape index (κ2) is 7.05. The molecule has 0 aliphatic heterocycles. The first-order chi connectivity index (χ1) is 9.97. The van der Waals surface area contributed by atoms with Gasteiger partial charge in [-0.3, -0.25) is 0 Å². The number of rotatable bonds is 6. The third kappa shape index (κ3) is 4.29. The minimum atomic E-state index is 0.676. The Balaban J connectivity index is 2.06.